The van der Waals surface area contributed by atoms with E-state index in [1.54, 1.807) is 31.4 Å². The molecular formula is C14H20N2O. The summed E-state index contributed by atoms with van der Waals surface area (Å²) >= 11 is 0. The van der Waals surface area contributed by atoms with Crippen LogP contribution >= 0.6 is 0 Å². The zero-order valence-electron chi connectivity index (χ0n) is 10.6. The fourth-order valence-electron chi connectivity index (χ4n) is 1.01. The van der Waals surface area contributed by atoms with Crippen molar-refractivity contribution >= 4 is 5.84 Å². The van der Waals surface area contributed by atoms with Gasteiger partial charge in [0.2, 0.25) is 0 Å². The summed E-state index contributed by atoms with van der Waals surface area (Å²) in [7, 11) is 1.70. The first-order valence-electron chi connectivity index (χ1n) is 5.27. The van der Waals surface area contributed by atoms with Crippen LogP contribution in [0.15, 0.2) is 66.6 Å². The van der Waals surface area contributed by atoms with Crippen LogP contribution in [0.4, 0.5) is 0 Å². The third-order valence-corrected chi connectivity index (χ3v) is 1.86. The van der Waals surface area contributed by atoms with E-state index in [2.05, 4.69) is 30.0 Å². The molecule has 1 N–H and O–H groups in total. The Morgan fingerprint density at radius 1 is 1.24 bits per heavy atom. The maximum Gasteiger partial charge on any atom is 0.145 e. The Morgan fingerprint density at radius 2 is 1.88 bits per heavy atom. The molecule has 0 aromatic heterocycles. The van der Waals surface area contributed by atoms with Crippen molar-refractivity contribution in [2.45, 2.75) is 6.92 Å². The van der Waals surface area contributed by atoms with Gasteiger partial charge in [-0.1, -0.05) is 31.9 Å². The van der Waals surface area contributed by atoms with Gasteiger partial charge in [-0.3, -0.25) is 4.99 Å². The zero-order valence-corrected chi connectivity index (χ0v) is 10.6. The van der Waals surface area contributed by atoms with E-state index in [0.717, 1.165) is 17.3 Å². The number of nitrogens with one attached hydrogen (secondary N) is 1. The number of nitrogens with zero attached hydrogens (tertiary/aromatic N) is 1. The van der Waals surface area contributed by atoms with Gasteiger partial charge in [-0.05, 0) is 25.2 Å². The number of rotatable bonds is 7. The van der Waals surface area contributed by atoms with E-state index < -0.39 is 0 Å². The fourth-order valence-corrected chi connectivity index (χ4v) is 1.01. The van der Waals surface area contributed by atoms with E-state index in [1.165, 1.54) is 0 Å². The van der Waals surface area contributed by atoms with Gasteiger partial charge < -0.3 is 10.1 Å². The van der Waals surface area contributed by atoms with Crippen LogP contribution < -0.4 is 5.32 Å². The lowest BCUT2D eigenvalue weighted by molar-refractivity contribution is 0.259. The smallest absolute Gasteiger partial charge is 0.145 e. The second-order valence-electron chi connectivity index (χ2n) is 3.16. The standard InChI is InChI=1S/C14H20N2O/c1-6-9-12(4)17-11-14(15-5)16-13(8-3)10-7-2/h6-10H,1-3,11H2,4-5H3,(H,15,16)/b12-9+,13-10+. The summed E-state index contributed by atoms with van der Waals surface area (Å²) < 4.78 is 5.47. The Labute approximate surface area is 104 Å². The van der Waals surface area contributed by atoms with Gasteiger partial charge in [0.05, 0.1) is 5.76 Å². The summed E-state index contributed by atoms with van der Waals surface area (Å²) in [6.07, 6.45) is 8.66. The van der Waals surface area contributed by atoms with Gasteiger partial charge in [0.25, 0.3) is 0 Å². The minimum atomic E-state index is 0.370. The van der Waals surface area contributed by atoms with Gasteiger partial charge in [0.1, 0.15) is 12.4 Å². The predicted octanol–water partition coefficient (Wildman–Crippen LogP) is 2.97. The summed E-state index contributed by atoms with van der Waals surface area (Å²) in [5, 5.41) is 3.10. The normalized spacial score (nSPS) is 12.9. The Balaban J connectivity index is 4.41. The molecule has 0 spiro atoms. The average molecular weight is 232 g/mol. The van der Waals surface area contributed by atoms with Crippen LogP contribution in [0, 0.1) is 0 Å². The van der Waals surface area contributed by atoms with E-state index >= 15 is 0 Å². The second-order valence-corrected chi connectivity index (χ2v) is 3.16. The lowest BCUT2D eigenvalue weighted by Gasteiger charge is -2.11. The summed E-state index contributed by atoms with van der Waals surface area (Å²) in [4.78, 5) is 4.09. The van der Waals surface area contributed by atoms with E-state index in [1.807, 2.05) is 13.0 Å². The summed E-state index contributed by atoms with van der Waals surface area (Å²) in [6.45, 7) is 13.1. The molecular weight excluding hydrogens is 212 g/mol. The molecule has 92 valence electrons. The van der Waals surface area contributed by atoms with Gasteiger partial charge in [-0.2, -0.15) is 0 Å². The number of amidine groups is 1. The van der Waals surface area contributed by atoms with Crippen LogP contribution in [-0.2, 0) is 4.74 Å². The van der Waals surface area contributed by atoms with Crippen LogP contribution in [0.5, 0.6) is 0 Å². The highest BCUT2D eigenvalue weighted by atomic mass is 16.5. The van der Waals surface area contributed by atoms with Crippen molar-refractivity contribution in [3.63, 3.8) is 0 Å². The SMILES string of the molecule is C=C/C=C(\C=C)NC(CO/C(C)=C/C=C)=NC. The van der Waals surface area contributed by atoms with Crippen LogP contribution in [0.3, 0.4) is 0 Å². The summed E-state index contributed by atoms with van der Waals surface area (Å²) in [5.41, 5.74) is 0.828. The molecule has 0 unspecified atom stereocenters. The van der Waals surface area contributed by atoms with Crippen LogP contribution in [-0.4, -0.2) is 19.5 Å². The molecule has 0 aliphatic carbocycles. The second kappa shape index (κ2) is 9.21. The van der Waals surface area contributed by atoms with Crippen molar-refractivity contribution in [3.05, 3.63) is 61.6 Å². The first kappa shape index (κ1) is 15.0. The topological polar surface area (TPSA) is 33.6 Å². The lowest BCUT2D eigenvalue weighted by atomic mass is 10.3. The fraction of sp³-hybridized carbons (Fsp3) is 0.214. The number of allylic oxidation sites excluding steroid dienone is 6. The molecule has 0 aromatic carbocycles. The Hall–Kier alpha value is -2.03. The van der Waals surface area contributed by atoms with E-state index in [4.69, 9.17) is 4.74 Å². The molecule has 0 aromatic rings. The molecule has 3 nitrogen and oxygen atoms in total. The minimum absolute atomic E-state index is 0.370. The first-order chi connectivity index (χ1) is 8.17. The van der Waals surface area contributed by atoms with Crippen LogP contribution in [0.1, 0.15) is 6.92 Å². The molecule has 0 aliphatic heterocycles. The molecule has 0 fully saturated rings. The van der Waals surface area contributed by atoms with Crippen LogP contribution in [0.25, 0.3) is 0 Å². The lowest BCUT2D eigenvalue weighted by Crippen LogP contribution is -2.26. The van der Waals surface area contributed by atoms with Crippen molar-refractivity contribution in [1.82, 2.24) is 5.32 Å². The summed E-state index contributed by atoms with van der Waals surface area (Å²) in [6, 6.07) is 0. The maximum absolute atomic E-state index is 5.47. The quantitative estimate of drug-likeness (QED) is 0.317. The largest absolute Gasteiger partial charge is 0.490 e. The molecule has 0 bridgehead atoms. The number of hydrogen-bond acceptors (Lipinski definition) is 2. The van der Waals surface area contributed by atoms with E-state index in [-0.39, 0.29) is 0 Å². The Morgan fingerprint density at radius 3 is 2.35 bits per heavy atom. The van der Waals surface area contributed by atoms with Gasteiger partial charge in [0.15, 0.2) is 0 Å². The van der Waals surface area contributed by atoms with Gasteiger partial charge in [-0.25, -0.2) is 0 Å². The number of aliphatic imine (C=N–C) groups is 1. The summed E-state index contributed by atoms with van der Waals surface area (Å²) in [5.74, 6) is 1.51. The van der Waals surface area contributed by atoms with Crippen molar-refractivity contribution in [3.8, 4) is 0 Å². The first-order valence-corrected chi connectivity index (χ1v) is 5.27. The van der Waals surface area contributed by atoms with Crippen LogP contribution in [0.2, 0.25) is 0 Å². The highest BCUT2D eigenvalue weighted by Crippen LogP contribution is 1.97. The molecule has 0 aliphatic rings. The molecule has 17 heavy (non-hydrogen) atoms. The van der Waals surface area contributed by atoms with Crippen molar-refractivity contribution < 1.29 is 4.74 Å². The average Bonchev–Trinajstić information content (AvgIpc) is 2.33. The zero-order chi connectivity index (χ0) is 13.1. The molecule has 3 heteroatoms. The Bertz CT molecular complexity index is 362. The van der Waals surface area contributed by atoms with Crippen molar-refractivity contribution in [1.29, 1.82) is 0 Å². The predicted molar refractivity (Wildman–Crippen MR) is 74.9 cm³/mol. The molecule has 0 amide bonds. The van der Waals surface area contributed by atoms with Gasteiger partial charge >= 0.3 is 0 Å². The highest BCUT2D eigenvalue weighted by molar-refractivity contribution is 5.85. The third kappa shape index (κ3) is 6.95. The molecule has 0 heterocycles. The molecule has 0 saturated carbocycles. The highest BCUT2D eigenvalue weighted by Gasteiger charge is 2.00. The number of ether oxygens (including phenoxy) is 1. The van der Waals surface area contributed by atoms with E-state index in [9.17, 15) is 0 Å². The maximum atomic E-state index is 5.47. The van der Waals surface area contributed by atoms with Crippen molar-refractivity contribution in [2.24, 2.45) is 4.99 Å². The minimum Gasteiger partial charge on any atom is -0.490 e. The van der Waals surface area contributed by atoms with Gasteiger partial charge in [0, 0.05) is 12.7 Å². The molecule has 0 rings (SSSR count). The Kier molecular flexibility index (Phi) is 8.11. The van der Waals surface area contributed by atoms with Gasteiger partial charge in [-0.15, -0.1) is 0 Å². The molecule has 0 saturated heterocycles. The number of hydrogen-bond donors (Lipinski definition) is 1. The molecule has 0 radical (unpaired) electrons. The van der Waals surface area contributed by atoms with Crippen molar-refractivity contribution in [2.75, 3.05) is 13.7 Å². The molecule has 0 atom stereocenters. The monoisotopic (exact) mass is 232 g/mol. The third-order valence-electron chi connectivity index (χ3n) is 1.86. The van der Waals surface area contributed by atoms with E-state index in [0.29, 0.717) is 6.61 Å².